The van der Waals surface area contributed by atoms with Crippen molar-refractivity contribution in [1.29, 1.82) is 0 Å². The Balaban J connectivity index is 1.60. The van der Waals surface area contributed by atoms with Crippen LogP contribution in [-0.2, 0) is 10.0 Å². The van der Waals surface area contributed by atoms with Crippen LogP contribution in [0.25, 0.3) is 55.8 Å². The van der Waals surface area contributed by atoms with Crippen LogP contribution in [0.4, 0.5) is 14.5 Å². The molecule has 0 saturated heterocycles. The Labute approximate surface area is 239 Å². The summed E-state index contributed by atoms with van der Waals surface area (Å²) in [5.41, 5.74) is 4.26. The van der Waals surface area contributed by atoms with Crippen LogP contribution in [-0.4, -0.2) is 44.6 Å². The Morgan fingerprint density at radius 1 is 0.929 bits per heavy atom. The highest BCUT2D eigenvalue weighted by atomic mass is 32.2. The molecular formula is C31H24F2N4O4S. The number of hydrogen-bond acceptors (Lipinski definition) is 5. The minimum atomic E-state index is -3.70. The standard InChI is InChI=1S/C31H24F2N4O4S/c1-34-31(38)28-23-15-22(18-5-4-6-19(13-18)30-35-24-12-11-21(33)14-25(24)36-30)26(37(2)42(3,39)40)16-27(23)41-29(28)17-7-9-20(32)10-8-17/h4-16H,1-3H3,(H,34,38)(H,35,36). The highest BCUT2D eigenvalue weighted by molar-refractivity contribution is 7.92. The molecule has 42 heavy (non-hydrogen) atoms. The first-order valence-corrected chi connectivity index (χ1v) is 14.7. The molecule has 6 aromatic rings. The number of carbonyl (C=O) groups is 1. The van der Waals surface area contributed by atoms with E-state index < -0.39 is 27.6 Å². The summed E-state index contributed by atoms with van der Waals surface area (Å²) in [4.78, 5) is 20.8. The van der Waals surface area contributed by atoms with Gasteiger partial charge in [-0.2, -0.15) is 0 Å². The molecule has 2 aromatic heterocycles. The minimum absolute atomic E-state index is 0.220. The van der Waals surface area contributed by atoms with Gasteiger partial charge in [0.1, 0.15) is 28.8 Å². The summed E-state index contributed by atoms with van der Waals surface area (Å²) in [6.07, 6.45) is 1.09. The monoisotopic (exact) mass is 586 g/mol. The Morgan fingerprint density at radius 3 is 2.36 bits per heavy atom. The van der Waals surface area contributed by atoms with Gasteiger partial charge in [-0.1, -0.05) is 18.2 Å². The van der Waals surface area contributed by atoms with Gasteiger partial charge in [0.2, 0.25) is 10.0 Å². The first-order valence-electron chi connectivity index (χ1n) is 12.8. The summed E-state index contributed by atoms with van der Waals surface area (Å²) in [5, 5.41) is 3.07. The van der Waals surface area contributed by atoms with E-state index in [0.29, 0.717) is 50.2 Å². The van der Waals surface area contributed by atoms with Crippen molar-refractivity contribution in [2.45, 2.75) is 0 Å². The average molecular weight is 587 g/mol. The molecule has 4 aromatic carbocycles. The van der Waals surface area contributed by atoms with Gasteiger partial charge < -0.3 is 14.7 Å². The van der Waals surface area contributed by atoms with Crippen LogP contribution in [0.15, 0.2) is 83.3 Å². The van der Waals surface area contributed by atoms with Gasteiger partial charge in [0.25, 0.3) is 5.91 Å². The largest absolute Gasteiger partial charge is 0.455 e. The predicted molar refractivity (Wildman–Crippen MR) is 159 cm³/mol. The highest BCUT2D eigenvalue weighted by Crippen LogP contribution is 2.42. The number of nitrogens with one attached hydrogen (secondary N) is 2. The van der Waals surface area contributed by atoms with E-state index in [2.05, 4.69) is 15.3 Å². The molecule has 2 N–H and O–H groups in total. The highest BCUT2D eigenvalue weighted by Gasteiger charge is 2.26. The fourth-order valence-corrected chi connectivity index (χ4v) is 5.42. The number of sulfonamides is 1. The number of H-pyrrole nitrogens is 1. The number of anilines is 1. The van der Waals surface area contributed by atoms with Crippen LogP contribution in [0.3, 0.4) is 0 Å². The third kappa shape index (κ3) is 4.77. The molecule has 0 unspecified atom stereocenters. The molecule has 212 valence electrons. The van der Waals surface area contributed by atoms with Crippen LogP contribution in [0.5, 0.6) is 0 Å². The Bertz CT molecular complexity index is 2120. The van der Waals surface area contributed by atoms with E-state index in [-0.39, 0.29) is 16.9 Å². The predicted octanol–water partition coefficient (Wildman–Crippen LogP) is 6.34. The number of amides is 1. The molecule has 11 heteroatoms. The molecule has 8 nitrogen and oxygen atoms in total. The Kier molecular flexibility index (Phi) is 6.53. The molecule has 0 spiro atoms. The van der Waals surface area contributed by atoms with E-state index in [1.165, 1.54) is 50.5 Å². The minimum Gasteiger partial charge on any atom is -0.455 e. The molecule has 6 rings (SSSR count). The van der Waals surface area contributed by atoms with Gasteiger partial charge in [-0.05, 0) is 54.1 Å². The van der Waals surface area contributed by atoms with E-state index in [4.69, 9.17) is 4.42 Å². The summed E-state index contributed by atoms with van der Waals surface area (Å²) in [7, 11) is -0.781. The fraction of sp³-hybridized carbons (Fsp3) is 0.0968. The number of nitrogens with zero attached hydrogens (tertiary/aromatic N) is 2. The van der Waals surface area contributed by atoms with Crippen LogP contribution in [0, 0.1) is 11.6 Å². The summed E-state index contributed by atoms with van der Waals surface area (Å²) >= 11 is 0. The second kappa shape index (κ2) is 10.1. The average Bonchev–Trinajstić information content (AvgIpc) is 3.56. The van der Waals surface area contributed by atoms with Gasteiger partial charge in [0, 0.05) is 48.3 Å². The second-order valence-electron chi connectivity index (χ2n) is 9.82. The molecule has 0 atom stereocenters. The maximum atomic E-state index is 13.8. The maximum absolute atomic E-state index is 13.8. The number of halogens is 2. The smallest absolute Gasteiger partial charge is 0.255 e. The molecule has 0 radical (unpaired) electrons. The molecule has 0 aliphatic heterocycles. The van der Waals surface area contributed by atoms with Gasteiger partial charge >= 0.3 is 0 Å². The number of hydrogen-bond donors (Lipinski definition) is 2. The molecule has 2 heterocycles. The zero-order valence-corrected chi connectivity index (χ0v) is 23.5. The van der Waals surface area contributed by atoms with Crippen molar-refractivity contribution in [2.24, 2.45) is 0 Å². The van der Waals surface area contributed by atoms with E-state index in [0.717, 1.165) is 10.6 Å². The number of imidazole rings is 1. The quantitative estimate of drug-likeness (QED) is 0.237. The molecule has 0 aliphatic carbocycles. The van der Waals surface area contributed by atoms with Gasteiger partial charge in [-0.15, -0.1) is 0 Å². The van der Waals surface area contributed by atoms with Gasteiger partial charge in [-0.25, -0.2) is 22.2 Å². The zero-order valence-electron chi connectivity index (χ0n) is 22.7. The first-order chi connectivity index (χ1) is 20.0. The lowest BCUT2D eigenvalue weighted by Gasteiger charge is -2.21. The van der Waals surface area contributed by atoms with Crippen molar-refractivity contribution in [2.75, 3.05) is 24.7 Å². The topological polar surface area (TPSA) is 108 Å². The number of benzene rings is 4. The van der Waals surface area contributed by atoms with Gasteiger partial charge in [0.05, 0.1) is 28.5 Å². The lowest BCUT2D eigenvalue weighted by Crippen LogP contribution is -2.25. The number of furan rings is 1. The van der Waals surface area contributed by atoms with Gasteiger partial charge in [0.15, 0.2) is 0 Å². The van der Waals surface area contributed by atoms with E-state index in [1.807, 2.05) is 18.2 Å². The SMILES string of the molecule is CNC(=O)c1c(-c2ccc(F)cc2)oc2cc(N(C)S(C)(=O)=O)c(-c3cccc(-c4nc5cc(F)ccc5[nH]4)c3)cc12. The van der Waals surface area contributed by atoms with Crippen LogP contribution in [0.2, 0.25) is 0 Å². The van der Waals surface area contributed by atoms with Crippen molar-refractivity contribution in [3.05, 3.63) is 96.1 Å². The van der Waals surface area contributed by atoms with Crippen molar-refractivity contribution < 1.29 is 26.4 Å². The van der Waals surface area contributed by atoms with Crippen molar-refractivity contribution in [3.8, 4) is 33.8 Å². The Morgan fingerprint density at radius 2 is 1.64 bits per heavy atom. The van der Waals surface area contributed by atoms with E-state index in [1.54, 1.807) is 24.3 Å². The van der Waals surface area contributed by atoms with Gasteiger partial charge in [-0.3, -0.25) is 9.10 Å². The number of fused-ring (bicyclic) bond motifs is 2. The number of carbonyl (C=O) groups excluding carboxylic acids is 1. The zero-order chi connectivity index (χ0) is 29.8. The molecule has 0 bridgehead atoms. The van der Waals surface area contributed by atoms with Crippen molar-refractivity contribution in [1.82, 2.24) is 15.3 Å². The summed E-state index contributed by atoms with van der Waals surface area (Å²) < 4.78 is 60.1. The van der Waals surface area contributed by atoms with Crippen molar-refractivity contribution >= 4 is 43.6 Å². The third-order valence-corrected chi connectivity index (χ3v) is 8.29. The van der Waals surface area contributed by atoms with Crippen LogP contribution in [0.1, 0.15) is 10.4 Å². The number of rotatable bonds is 6. The number of aromatic amines is 1. The van der Waals surface area contributed by atoms with E-state index in [9.17, 15) is 22.0 Å². The van der Waals surface area contributed by atoms with Crippen LogP contribution < -0.4 is 9.62 Å². The molecule has 0 fully saturated rings. The van der Waals surface area contributed by atoms with Crippen LogP contribution >= 0.6 is 0 Å². The maximum Gasteiger partial charge on any atom is 0.255 e. The lowest BCUT2D eigenvalue weighted by molar-refractivity contribution is 0.0964. The summed E-state index contributed by atoms with van der Waals surface area (Å²) in [6.45, 7) is 0. The normalized spacial score (nSPS) is 11.7. The molecular weight excluding hydrogens is 562 g/mol. The molecule has 1 amide bonds. The lowest BCUT2D eigenvalue weighted by atomic mass is 9.97. The summed E-state index contributed by atoms with van der Waals surface area (Å²) in [5.74, 6) is -0.540. The van der Waals surface area contributed by atoms with E-state index >= 15 is 0 Å². The Hall–Kier alpha value is -5.03. The number of aromatic nitrogens is 2. The molecule has 0 saturated carbocycles. The summed E-state index contributed by atoms with van der Waals surface area (Å²) in [6, 6.07) is 20.4. The fourth-order valence-electron chi connectivity index (χ4n) is 4.91. The van der Waals surface area contributed by atoms with Crippen molar-refractivity contribution in [3.63, 3.8) is 0 Å². The third-order valence-electron chi connectivity index (χ3n) is 7.10. The molecule has 0 aliphatic rings. The second-order valence-corrected chi connectivity index (χ2v) is 11.8. The first kappa shape index (κ1) is 27.2.